The van der Waals surface area contributed by atoms with Crippen molar-refractivity contribution in [1.82, 2.24) is 4.90 Å². The van der Waals surface area contributed by atoms with E-state index in [-0.39, 0.29) is 18.4 Å². The predicted molar refractivity (Wildman–Crippen MR) is 84.3 cm³/mol. The van der Waals surface area contributed by atoms with Crippen LogP contribution < -0.4 is 4.90 Å². The van der Waals surface area contributed by atoms with E-state index in [1.54, 1.807) is 4.90 Å². The zero-order valence-electron chi connectivity index (χ0n) is 13.0. The van der Waals surface area contributed by atoms with Gasteiger partial charge in [-0.2, -0.15) is 0 Å². The molecule has 0 radical (unpaired) electrons. The number of benzene rings is 1. The summed E-state index contributed by atoms with van der Waals surface area (Å²) in [4.78, 5) is 27.8. The van der Waals surface area contributed by atoms with Crippen molar-refractivity contribution in [1.29, 1.82) is 0 Å². The van der Waals surface area contributed by atoms with Crippen LogP contribution in [0.2, 0.25) is 0 Å². The fourth-order valence-corrected chi connectivity index (χ4v) is 2.66. The molecule has 4 nitrogen and oxygen atoms in total. The fourth-order valence-electron chi connectivity index (χ4n) is 2.66. The van der Waals surface area contributed by atoms with Crippen molar-refractivity contribution in [3.63, 3.8) is 0 Å². The molecule has 4 heteroatoms. The van der Waals surface area contributed by atoms with Gasteiger partial charge in [0.25, 0.3) is 0 Å². The van der Waals surface area contributed by atoms with Gasteiger partial charge in [-0.05, 0) is 31.9 Å². The number of carbonyl (C=O) groups excluding carboxylic acids is 2. The summed E-state index contributed by atoms with van der Waals surface area (Å²) >= 11 is 0. The second-order valence-corrected chi connectivity index (χ2v) is 5.74. The van der Waals surface area contributed by atoms with Crippen LogP contribution in [0.3, 0.4) is 0 Å². The Morgan fingerprint density at radius 1 is 1.05 bits per heavy atom. The van der Waals surface area contributed by atoms with Crippen molar-refractivity contribution in [2.75, 3.05) is 24.5 Å². The monoisotopic (exact) mass is 288 g/mol. The molecule has 0 bridgehead atoms. The van der Waals surface area contributed by atoms with Crippen molar-refractivity contribution in [2.45, 2.75) is 39.5 Å². The number of aryl methyl sites for hydroxylation is 1. The molecule has 0 aliphatic carbocycles. The number of nitrogens with zero attached hydrogens (tertiary/aromatic N) is 2. The van der Waals surface area contributed by atoms with Crippen LogP contribution >= 0.6 is 0 Å². The lowest BCUT2D eigenvalue weighted by atomic mass is 10.2. The number of likely N-dealkylation sites (tertiary alicyclic amines) is 1. The van der Waals surface area contributed by atoms with E-state index in [1.165, 1.54) is 19.8 Å². The van der Waals surface area contributed by atoms with Crippen molar-refractivity contribution in [3.8, 4) is 0 Å². The summed E-state index contributed by atoms with van der Waals surface area (Å²) in [6.45, 7) is 5.29. The van der Waals surface area contributed by atoms with Crippen LogP contribution in [0.25, 0.3) is 0 Å². The van der Waals surface area contributed by atoms with Gasteiger partial charge in [0.15, 0.2) is 0 Å². The largest absolute Gasteiger partial charge is 0.341 e. The Morgan fingerprint density at radius 3 is 2.14 bits per heavy atom. The van der Waals surface area contributed by atoms with Crippen molar-refractivity contribution < 1.29 is 9.59 Å². The summed E-state index contributed by atoms with van der Waals surface area (Å²) in [7, 11) is 0. The van der Waals surface area contributed by atoms with Crippen molar-refractivity contribution in [3.05, 3.63) is 29.8 Å². The molecule has 2 amide bonds. The standard InChI is InChI=1S/C17H24N2O2/c1-14-7-9-16(10-8-14)19(15(2)20)13-17(21)18-11-5-3-4-6-12-18/h7-10H,3-6,11-13H2,1-2H3. The third-order valence-electron chi connectivity index (χ3n) is 3.98. The molecule has 0 N–H and O–H groups in total. The molecular weight excluding hydrogens is 264 g/mol. The molecule has 0 unspecified atom stereocenters. The number of carbonyl (C=O) groups is 2. The number of hydrogen-bond donors (Lipinski definition) is 0. The molecule has 1 aliphatic rings. The van der Waals surface area contributed by atoms with Gasteiger partial charge in [0, 0.05) is 25.7 Å². The minimum absolute atomic E-state index is 0.0488. The summed E-state index contributed by atoms with van der Waals surface area (Å²) in [6, 6.07) is 7.71. The number of hydrogen-bond acceptors (Lipinski definition) is 2. The zero-order chi connectivity index (χ0) is 15.2. The van der Waals surface area contributed by atoms with E-state index in [1.807, 2.05) is 36.1 Å². The van der Waals surface area contributed by atoms with Crippen molar-refractivity contribution >= 4 is 17.5 Å². The third-order valence-corrected chi connectivity index (χ3v) is 3.98. The Bertz CT molecular complexity index is 488. The third kappa shape index (κ3) is 4.31. The molecule has 0 aromatic heterocycles. The predicted octanol–water partition coefficient (Wildman–Crippen LogP) is 2.75. The van der Waals surface area contributed by atoms with Crippen LogP contribution in [0, 0.1) is 6.92 Å². The first-order chi connectivity index (χ1) is 10.1. The lowest BCUT2D eigenvalue weighted by molar-refractivity contribution is -0.131. The van der Waals surface area contributed by atoms with E-state index in [9.17, 15) is 9.59 Å². The van der Waals surface area contributed by atoms with Crippen molar-refractivity contribution in [2.24, 2.45) is 0 Å². The van der Waals surface area contributed by atoms with Crippen LogP contribution in [0.15, 0.2) is 24.3 Å². The smallest absolute Gasteiger partial charge is 0.242 e. The van der Waals surface area contributed by atoms with Crippen LogP contribution in [-0.4, -0.2) is 36.3 Å². The average molecular weight is 288 g/mol. The minimum atomic E-state index is -0.0953. The van der Waals surface area contributed by atoms with Crippen LogP contribution in [-0.2, 0) is 9.59 Å². The number of rotatable bonds is 3. The van der Waals surface area contributed by atoms with E-state index in [0.717, 1.165) is 37.2 Å². The first-order valence-corrected chi connectivity index (χ1v) is 7.70. The highest BCUT2D eigenvalue weighted by Gasteiger charge is 2.21. The van der Waals surface area contributed by atoms with E-state index >= 15 is 0 Å². The van der Waals surface area contributed by atoms with Gasteiger partial charge in [-0.3, -0.25) is 9.59 Å². The normalized spacial score (nSPS) is 15.4. The summed E-state index contributed by atoms with van der Waals surface area (Å²) < 4.78 is 0. The van der Waals surface area contributed by atoms with Gasteiger partial charge in [0.1, 0.15) is 6.54 Å². The molecule has 114 valence electrons. The average Bonchev–Trinajstić information content (AvgIpc) is 2.74. The molecule has 1 aromatic rings. The molecule has 1 aliphatic heterocycles. The van der Waals surface area contributed by atoms with Crippen LogP contribution in [0.4, 0.5) is 5.69 Å². The summed E-state index contributed by atoms with van der Waals surface area (Å²) in [5.41, 5.74) is 1.93. The molecule has 2 rings (SSSR count). The molecule has 0 saturated carbocycles. The van der Waals surface area contributed by atoms with E-state index < -0.39 is 0 Å². The van der Waals surface area contributed by atoms with Gasteiger partial charge in [0.2, 0.25) is 11.8 Å². The molecule has 1 heterocycles. The summed E-state index contributed by atoms with van der Waals surface area (Å²) in [6.07, 6.45) is 4.52. The van der Waals surface area contributed by atoms with Gasteiger partial charge >= 0.3 is 0 Å². The van der Waals surface area contributed by atoms with Gasteiger partial charge in [0.05, 0.1) is 0 Å². The number of amides is 2. The van der Waals surface area contributed by atoms with Gasteiger partial charge in [-0.15, -0.1) is 0 Å². The second-order valence-electron chi connectivity index (χ2n) is 5.74. The van der Waals surface area contributed by atoms with Gasteiger partial charge in [-0.1, -0.05) is 30.5 Å². The van der Waals surface area contributed by atoms with Crippen LogP contribution in [0.5, 0.6) is 0 Å². The highest BCUT2D eigenvalue weighted by molar-refractivity contribution is 5.97. The van der Waals surface area contributed by atoms with Gasteiger partial charge in [-0.25, -0.2) is 0 Å². The Hall–Kier alpha value is -1.84. The topological polar surface area (TPSA) is 40.6 Å². The Balaban J connectivity index is 2.06. The molecule has 0 spiro atoms. The first kappa shape index (κ1) is 15.5. The maximum absolute atomic E-state index is 12.4. The lowest BCUT2D eigenvalue weighted by Gasteiger charge is -2.26. The zero-order valence-corrected chi connectivity index (χ0v) is 13.0. The highest BCUT2D eigenvalue weighted by Crippen LogP contribution is 2.16. The molecule has 1 aromatic carbocycles. The first-order valence-electron chi connectivity index (χ1n) is 7.70. The quantitative estimate of drug-likeness (QED) is 0.858. The second kappa shape index (κ2) is 7.25. The molecular formula is C17H24N2O2. The Labute approximate surface area is 126 Å². The molecule has 1 saturated heterocycles. The maximum atomic E-state index is 12.4. The highest BCUT2D eigenvalue weighted by atomic mass is 16.2. The van der Waals surface area contributed by atoms with Crippen LogP contribution in [0.1, 0.15) is 38.2 Å². The number of anilines is 1. The Morgan fingerprint density at radius 2 is 1.62 bits per heavy atom. The van der Waals surface area contributed by atoms with E-state index in [2.05, 4.69) is 0 Å². The van der Waals surface area contributed by atoms with Gasteiger partial charge < -0.3 is 9.80 Å². The lowest BCUT2D eigenvalue weighted by Crippen LogP contribution is -2.42. The maximum Gasteiger partial charge on any atom is 0.242 e. The summed E-state index contributed by atoms with van der Waals surface area (Å²) in [5.74, 6) is -0.0466. The van der Waals surface area contributed by atoms with E-state index in [4.69, 9.17) is 0 Å². The fraction of sp³-hybridized carbons (Fsp3) is 0.529. The van der Waals surface area contributed by atoms with E-state index in [0.29, 0.717) is 0 Å². The SMILES string of the molecule is CC(=O)N(CC(=O)N1CCCCCC1)c1ccc(C)cc1. The Kier molecular flexibility index (Phi) is 5.37. The summed E-state index contributed by atoms with van der Waals surface area (Å²) in [5, 5.41) is 0. The molecule has 21 heavy (non-hydrogen) atoms. The molecule has 1 fully saturated rings. The molecule has 0 atom stereocenters. The minimum Gasteiger partial charge on any atom is -0.341 e.